The lowest BCUT2D eigenvalue weighted by atomic mass is 10.0. The van der Waals surface area contributed by atoms with Crippen LogP contribution < -0.4 is 9.46 Å². The van der Waals surface area contributed by atoms with Crippen molar-refractivity contribution in [2.45, 2.75) is 31.8 Å². The molecule has 0 saturated carbocycles. The van der Waals surface area contributed by atoms with E-state index in [1.807, 2.05) is 0 Å². The number of carbonyl (C=O) groups is 1. The summed E-state index contributed by atoms with van der Waals surface area (Å²) in [6.45, 7) is 3.49. The first-order chi connectivity index (χ1) is 15.6. The van der Waals surface area contributed by atoms with E-state index in [2.05, 4.69) is 4.72 Å². The van der Waals surface area contributed by atoms with Gasteiger partial charge >= 0.3 is 5.97 Å². The lowest BCUT2D eigenvalue weighted by Gasteiger charge is -2.11. The summed E-state index contributed by atoms with van der Waals surface area (Å²) < 4.78 is 59.5. The molecule has 0 fully saturated rings. The van der Waals surface area contributed by atoms with E-state index in [9.17, 15) is 27.1 Å². The van der Waals surface area contributed by atoms with Crippen molar-refractivity contribution in [3.05, 3.63) is 94.0 Å². The Morgan fingerprint density at radius 2 is 1.67 bits per heavy atom. The number of aromatic carboxylic acids is 1. The first-order valence-electron chi connectivity index (χ1n) is 10.1. The molecule has 2 N–H and O–H groups in total. The molecule has 0 aliphatic carbocycles. The van der Waals surface area contributed by atoms with Gasteiger partial charge in [0, 0.05) is 7.97 Å². The van der Waals surface area contributed by atoms with Gasteiger partial charge in [0.1, 0.15) is 12.4 Å². The lowest BCUT2D eigenvalue weighted by Crippen LogP contribution is -2.26. The Balaban J connectivity index is 0.00000408. The molecule has 176 valence electrons. The summed E-state index contributed by atoms with van der Waals surface area (Å²) in [7, 11) is -3.88. The van der Waals surface area contributed by atoms with Gasteiger partial charge in [-0.3, -0.25) is 0 Å². The van der Waals surface area contributed by atoms with Gasteiger partial charge in [-0.05, 0) is 78.9 Å². The molecule has 3 aromatic carbocycles. The third-order valence-corrected chi connectivity index (χ3v) is 6.64. The lowest BCUT2D eigenvalue weighted by molar-refractivity contribution is 0.0695. The predicted molar refractivity (Wildman–Crippen MR) is 121 cm³/mol. The number of hydrogen-bond donors (Lipinski definition) is 2. The Labute approximate surface area is 192 Å². The third kappa shape index (κ3) is 6.15. The van der Waals surface area contributed by atoms with Crippen LogP contribution in [0.4, 0.5) is 8.78 Å². The Kier molecular flexibility index (Phi) is 7.45. The highest BCUT2D eigenvalue weighted by Crippen LogP contribution is 2.20. The zero-order chi connectivity index (χ0) is 24.2. The molecule has 0 spiro atoms. The molecule has 0 aliphatic heterocycles. The fourth-order valence-electron chi connectivity index (χ4n) is 3.17. The van der Waals surface area contributed by atoms with Crippen LogP contribution >= 0.6 is 0 Å². The topological polar surface area (TPSA) is 92.7 Å². The van der Waals surface area contributed by atoms with Crippen molar-refractivity contribution in [1.82, 2.24) is 4.72 Å². The van der Waals surface area contributed by atoms with Crippen LogP contribution in [0.2, 0.25) is 0 Å². The Morgan fingerprint density at radius 1 is 1.00 bits per heavy atom. The van der Waals surface area contributed by atoms with Crippen LogP contribution in [0, 0.1) is 25.5 Å². The first-order valence-corrected chi connectivity index (χ1v) is 11.5. The molecule has 3 aromatic rings. The van der Waals surface area contributed by atoms with Gasteiger partial charge in [0.05, 0.1) is 10.5 Å². The SMILES string of the molecule is Cc1cc(S(=O)(=O)NCCc2ccc(OCc3ccc(F)c(F)c3)cc2)cc(C(=O)O)c1C.[HH]. The number of carboxylic acids is 1. The number of aryl methyl sites for hydroxylation is 1. The molecule has 0 aliphatic rings. The standard InChI is InChI=1S/C24H23F2NO5S.H2/c1-15-11-20(13-21(16(15)2)24(28)29)33(30,31)27-10-9-17-3-6-19(7-4-17)32-14-18-5-8-22(25)23(26)12-18;/h3-8,11-13,27H,9-10,14H2,1-2H3,(H,28,29);1H. The van der Waals surface area contributed by atoms with Crippen LogP contribution in [-0.2, 0) is 23.1 Å². The quantitative estimate of drug-likeness (QED) is 0.469. The number of hydrogen-bond acceptors (Lipinski definition) is 4. The molecule has 0 atom stereocenters. The molecule has 0 heterocycles. The highest BCUT2D eigenvalue weighted by atomic mass is 32.2. The molecule has 3 rings (SSSR count). The second-order valence-corrected chi connectivity index (χ2v) is 9.31. The van der Waals surface area contributed by atoms with Crippen molar-refractivity contribution < 1.29 is 33.3 Å². The molecule has 9 heteroatoms. The number of ether oxygens (including phenoxy) is 1. The van der Waals surface area contributed by atoms with E-state index in [0.717, 1.165) is 23.8 Å². The minimum atomic E-state index is -3.88. The molecule has 0 saturated heterocycles. The highest BCUT2D eigenvalue weighted by molar-refractivity contribution is 7.89. The number of benzene rings is 3. The fraction of sp³-hybridized carbons (Fsp3) is 0.208. The van der Waals surface area contributed by atoms with E-state index in [4.69, 9.17) is 4.74 Å². The van der Waals surface area contributed by atoms with Crippen LogP contribution in [-0.4, -0.2) is 26.0 Å². The van der Waals surface area contributed by atoms with Gasteiger partial charge in [0.25, 0.3) is 0 Å². The second-order valence-electron chi connectivity index (χ2n) is 7.55. The van der Waals surface area contributed by atoms with Gasteiger partial charge in [-0.1, -0.05) is 18.2 Å². The van der Waals surface area contributed by atoms with Gasteiger partial charge in [-0.15, -0.1) is 0 Å². The predicted octanol–water partition coefficient (Wildman–Crippen LogP) is 4.63. The van der Waals surface area contributed by atoms with Crippen molar-refractivity contribution in [3.63, 3.8) is 0 Å². The van der Waals surface area contributed by atoms with E-state index in [1.54, 1.807) is 38.1 Å². The van der Waals surface area contributed by atoms with Crippen molar-refractivity contribution in [3.8, 4) is 5.75 Å². The zero-order valence-corrected chi connectivity index (χ0v) is 18.9. The third-order valence-electron chi connectivity index (χ3n) is 5.20. The monoisotopic (exact) mass is 477 g/mol. The number of halogens is 2. The van der Waals surface area contributed by atoms with Crippen molar-refractivity contribution >= 4 is 16.0 Å². The highest BCUT2D eigenvalue weighted by Gasteiger charge is 2.19. The fourth-order valence-corrected chi connectivity index (χ4v) is 4.31. The van der Waals surface area contributed by atoms with Crippen molar-refractivity contribution in [2.24, 2.45) is 0 Å². The number of sulfonamides is 1. The summed E-state index contributed by atoms with van der Waals surface area (Å²) in [6.07, 6.45) is 0.402. The van der Waals surface area contributed by atoms with Crippen LogP contribution in [0.5, 0.6) is 5.75 Å². The molecule has 33 heavy (non-hydrogen) atoms. The van der Waals surface area contributed by atoms with E-state index in [0.29, 0.717) is 28.9 Å². The molecular weight excluding hydrogens is 452 g/mol. The Bertz CT molecular complexity index is 1280. The summed E-state index contributed by atoms with van der Waals surface area (Å²) >= 11 is 0. The normalized spacial score (nSPS) is 11.4. The minimum absolute atomic E-state index is 0. The molecule has 0 radical (unpaired) electrons. The molecule has 0 unspecified atom stereocenters. The molecule has 0 aromatic heterocycles. The molecule has 0 bridgehead atoms. The van der Waals surface area contributed by atoms with E-state index in [1.165, 1.54) is 12.1 Å². The van der Waals surface area contributed by atoms with Crippen molar-refractivity contribution in [2.75, 3.05) is 6.54 Å². The number of rotatable bonds is 9. The van der Waals surface area contributed by atoms with E-state index >= 15 is 0 Å². The second kappa shape index (κ2) is 10.1. The maximum absolute atomic E-state index is 13.3. The molecular formula is C24H25F2NO5S. The zero-order valence-electron chi connectivity index (χ0n) is 18.1. The molecule has 6 nitrogen and oxygen atoms in total. The van der Waals surface area contributed by atoms with Crippen LogP contribution in [0.25, 0.3) is 0 Å². The van der Waals surface area contributed by atoms with Crippen LogP contribution in [0.1, 0.15) is 34.0 Å². The Morgan fingerprint density at radius 3 is 2.30 bits per heavy atom. The maximum Gasteiger partial charge on any atom is 0.336 e. The van der Waals surface area contributed by atoms with Crippen LogP contribution in [0.3, 0.4) is 0 Å². The molecule has 0 amide bonds. The Hall–Kier alpha value is -3.30. The minimum Gasteiger partial charge on any atom is -0.489 e. The van der Waals surface area contributed by atoms with Gasteiger partial charge in [0.2, 0.25) is 10.0 Å². The summed E-state index contributed by atoms with van der Waals surface area (Å²) in [5.74, 6) is -2.51. The number of carboxylic acid groups (broad SMARTS) is 1. The number of nitrogens with one attached hydrogen (secondary N) is 1. The van der Waals surface area contributed by atoms with Gasteiger partial charge in [-0.25, -0.2) is 26.7 Å². The maximum atomic E-state index is 13.3. The first kappa shape index (κ1) is 24.3. The van der Waals surface area contributed by atoms with E-state index in [-0.39, 0.29) is 25.0 Å². The van der Waals surface area contributed by atoms with Gasteiger partial charge < -0.3 is 9.84 Å². The summed E-state index contributed by atoms with van der Waals surface area (Å²) in [4.78, 5) is 11.3. The van der Waals surface area contributed by atoms with Crippen LogP contribution in [0.15, 0.2) is 59.5 Å². The smallest absolute Gasteiger partial charge is 0.336 e. The average Bonchev–Trinajstić information content (AvgIpc) is 2.76. The summed E-state index contributed by atoms with van der Waals surface area (Å²) in [6, 6.07) is 13.1. The van der Waals surface area contributed by atoms with E-state index < -0.39 is 27.6 Å². The largest absolute Gasteiger partial charge is 0.489 e. The van der Waals surface area contributed by atoms with Gasteiger partial charge in [-0.2, -0.15) is 0 Å². The summed E-state index contributed by atoms with van der Waals surface area (Å²) in [5.41, 5.74) is 2.39. The average molecular weight is 478 g/mol. The summed E-state index contributed by atoms with van der Waals surface area (Å²) in [5, 5.41) is 9.30. The van der Waals surface area contributed by atoms with Gasteiger partial charge in [0.15, 0.2) is 11.6 Å². The van der Waals surface area contributed by atoms with Crippen molar-refractivity contribution in [1.29, 1.82) is 0 Å².